The van der Waals surface area contributed by atoms with Crippen LogP contribution in [-0.4, -0.2) is 37.2 Å². The number of hydrogen-bond acceptors (Lipinski definition) is 6. The summed E-state index contributed by atoms with van der Waals surface area (Å²) in [5.41, 5.74) is 0. The molecule has 69 heavy (non-hydrogen) atoms. The van der Waals surface area contributed by atoms with Crippen LogP contribution in [0.15, 0.2) is 85.1 Å². The number of carbonyl (C=O) groups is 3. The fourth-order valence-corrected chi connectivity index (χ4v) is 7.99. The minimum absolute atomic E-state index is 0.0954. The van der Waals surface area contributed by atoms with Crippen LogP contribution in [0.4, 0.5) is 0 Å². The van der Waals surface area contributed by atoms with Crippen LogP contribution in [-0.2, 0) is 28.6 Å². The Bertz CT molecular complexity index is 1330. The first-order valence-corrected chi connectivity index (χ1v) is 29.1. The summed E-state index contributed by atoms with van der Waals surface area (Å²) in [6.07, 6.45) is 74.3. The molecule has 6 nitrogen and oxygen atoms in total. The van der Waals surface area contributed by atoms with Gasteiger partial charge in [0.2, 0.25) is 0 Å². The summed E-state index contributed by atoms with van der Waals surface area (Å²) in [7, 11) is 0. The predicted molar refractivity (Wildman–Crippen MR) is 297 cm³/mol. The smallest absolute Gasteiger partial charge is 0.306 e. The number of esters is 3. The second kappa shape index (κ2) is 57.2. The van der Waals surface area contributed by atoms with Gasteiger partial charge in [0.05, 0.1) is 0 Å². The standard InChI is InChI=1S/C63H108O6/c1-4-7-10-13-16-19-22-25-28-29-30-31-32-33-36-38-41-44-47-50-53-56-62(65)68-59-60(69-63(66)57-54-51-48-45-42-39-35-27-24-21-18-15-12-9-6-3)58-67-61(64)55-52-49-46-43-40-37-34-26-23-20-17-14-11-8-5-2/h8,11,17-18,20-21,25-28,34-35,40,43,60H,4-7,9-10,12-16,19,22-24,29-33,36-39,41-42,44-59H2,1-3H3/b11-8-,20-17-,21-18-,28-25-,34-26-,35-27-,43-40-/t60-/m1/s1. The molecular formula is C63H108O6. The van der Waals surface area contributed by atoms with Gasteiger partial charge >= 0.3 is 17.9 Å². The van der Waals surface area contributed by atoms with Crippen molar-refractivity contribution in [2.24, 2.45) is 0 Å². The van der Waals surface area contributed by atoms with Gasteiger partial charge in [0.25, 0.3) is 0 Å². The summed E-state index contributed by atoms with van der Waals surface area (Å²) >= 11 is 0. The van der Waals surface area contributed by atoms with Crippen molar-refractivity contribution < 1.29 is 28.6 Å². The quantitative estimate of drug-likeness (QED) is 0.0262. The van der Waals surface area contributed by atoms with E-state index in [0.29, 0.717) is 19.3 Å². The maximum absolute atomic E-state index is 12.8. The van der Waals surface area contributed by atoms with Crippen LogP contribution in [0, 0.1) is 0 Å². The third kappa shape index (κ3) is 55.4. The molecule has 396 valence electrons. The first kappa shape index (κ1) is 65.6. The average Bonchev–Trinajstić information content (AvgIpc) is 3.35. The van der Waals surface area contributed by atoms with Gasteiger partial charge in [-0.1, -0.05) is 228 Å². The van der Waals surface area contributed by atoms with Crippen molar-refractivity contribution in [3.63, 3.8) is 0 Å². The number of hydrogen-bond donors (Lipinski definition) is 0. The molecule has 0 fully saturated rings. The van der Waals surface area contributed by atoms with Crippen LogP contribution in [0.25, 0.3) is 0 Å². The lowest BCUT2D eigenvalue weighted by Gasteiger charge is -2.18. The first-order valence-electron chi connectivity index (χ1n) is 29.1. The molecule has 0 amide bonds. The summed E-state index contributed by atoms with van der Waals surface area (Å²) in [6, 6.07) is 0. The average molecular weight is 962 g/mol. The lowest BCUT2D eigenvalue weighted by atomic mass is 10.0. The van der Waals surface area contributed by atoms with Crippen LogP contribution in [0.1, 0.15) is 278 Å². The van der Waals surface area contributed by atoms with E-state index in [1.807, 2.05) is 0 Å². The van der Waals surface area contributed by atoms with Gasteiger partial charge in [-0.25, -0.2) is 0 Å². The Morgan fingerprint density at radius 2 is 0.565 bits per heavy atom. The number of rotatable bonds is 52. The Kier molecular flexibility index (Phi) is 54.3. The highest BCUT2D eigenvalue weighted by Crippen LogP contribution is 2.15. The molecular weight excluding hydrogens is 853 g/mol. The Labute approximate surface area is 426 Å². The number of ether oxygens (including phenoxy) is 3. The van der Waals surface area contributed by atoms with Crippen LogP contribution < -0.4 is 0 Å². The minimum Gasteiger partial charge on any atom is -0.462 e. The topological polar surface area (TPSA) is 78.9 Å². The highest BCUT2D eigenvalue weighted by atomic mass is 16.6. The van der Waals surface area contributed by atoms with Crippen molar-refractivity contribution >= 4 is 17.9 Å². The highest BCUT2D eigenvalue weighted by Gasteiger charge is 2.19. The van der Waals surface area contributed by atoms with Crippen molar-refractivity contribution in [2.45, 2.75) is 284 Å². The molecule has 0 aromatic rings. The lowest BCUT2D eigenvalue weighted by Crippen LogP contribution is -2.30. The second-order valence-corrected chi connectivity index (χ2v) is 19.2. The summed E-state index contributed by atoms with van der Waals surface area (Å²) in [4.78, 5) is 38.1. The lowest BCUT2D eigenvalue weighted by molar-refractivity contribution is -0.167. The van der Waals surface area contributed by atoms with Gasteiger partial charge in [-0.2, -0.15) is 0 Å². The molecule has 1 atom stereocenters. The van der Waals surface area contributed by atoms with Gasteiger partial charge in [0, 0.05) is 19.3 Å². The Balaban J connectivity index is 4.40. The van der Waals surface area contributed by atoms with Gasteiger partial charge in [0.1, 0.15) is 13.2 Å². The van der Waals surface area contributed by atoms with E-state index < -0.39 is 6.10 Å². The molecule has 0 saturated heterocycles. The van der Waals surface area contributed by atoms with Crippen LogP contribution in [0.5, 0.6) is 0 Å². The molecule has 0 aromatic heterocycles. The molecule has 6 heteroatoms. The van der Waals surface area contributed by atoms with Crippen LogP contribution in [0.3, 0.4) is 0 Å². The van der Waals surface area contributed by atoms with Crippen LogP contribution in [0.2, 0.25) is 0 Å². The fraction of sp³-hybridized carbons (Fsp3) is 0.730. The molecule has 0 radical (unpaired) electrons. The highest BCUT2D eigenvalue weighted by molar-refractivity contribution is 5.71. The van der Waals surface area contributed by atoms with Gasteiger partial charge in [-0.3, -0.25) is 14.4 Å². The molecule has 0 rings (SSSR count). The second-order valence-electron chi connectivity index (χ2n) is 19.2. The maximum atomic E-state index is 12.8. The van der Waals surface area contributed by atoms with E-state index >= 15 is 0 Å². The van der Waals surface area contributed by atoms with Crippen molar-refractivity contribution in [2.75, 3.05) is 13.2 Å². The van der Waals surface area contributed by atoms with E-state index in [0.717, 1.165) is 109 Å². The van der Waals surface area contributed by atoms with E-state index in [1.165, 1.54) is 128 Å². The molecule has 0 N–H and O–H groups in total. The molecule has 0 heterocycles. The molecule has 0 saturated carbocycles. The van der Waals surface area contributed by atoms with Crippen molar-refractivity contribution in [1.82, 2.24) is 0 Å². The van der Waals surface area contributed by atoms with E-state index in [4.69, 9.17) is 14.2 Å². The zero-order chi connectivity index (χ0) is 50.0. The van der Waals surface area contributed by atoms with E-state index in [9.17, 15) is 14.4 Å². The Hall–Kier alpha value is -3.41. The molecule has 0 aromatic carbocycles. The normalized spacial score (nSPS) is 12.7. The molecule has 0 aliphatic carbocycles. The molecule has 0 spiro atoms. The number of unbranched alkanes of at least 4 members (excludes halogenated alkanes) is 27. The van der Waals surface area contributed by atoms with Gasteiger partial charge in [-0.05, 0) is 116 Å². The number of allylic oxidation sites excluding steroid dienone is 14. The summed E-state index contributed by atoms with van der Waals surface area (Å²) in [6.45, 7) is 6.46. The van der Waals surface area contributed by atoms with E-state index in [-0.39, 0.29) is 31.1 Å². The first-order chi connectivity index (χ1) is 34.0. The van der Waals surface area contributed by atoms with E-state index in [2.05, 4.69) is 106 Å². The van der Waals surface area contributed by atoms with Gasteiger partial charge < -0.3 is 14.2 Å². The summed E-state index contributed by atoms with van der Waals surface area (Å²) < 4.78 is 16.8. The Morgan fingerprint density at radius 1 is 0.304 bits per heavy atom. The summed E-state index contributed by atoms with van der Waals surface area (Å²) in [5, 5.41) is 0. The van der Waals surface area contributed by atoms with E-state index in [1.54, 1.807) is 0 Å². The summed E-state index contributed by atoms with van der Waals surface area (Å²) in [5.74, 6) is -0.948. The van der Waals surface area contributed by atoms with Crippen molar-refractivity contribution in [3.8, 4) is 0 Å². The molecule has 0 bridgehead atoms. The molecule has 0 aliphatic rings. The monoisotopic (exact) mass is 961 g/mol. The van der Waals surface area contributed by atoms with Gasteiger partial charge in [0.15, 0.2) is 6.10 Å². The van der Waals surface area contributed by atoms with Gasteiger partial charge in [-0.15, -0.1) is 0 Å². The third-order valence-electron chi connectivity index (χ3n) is 12.4. The zero-order valence-corrected chi connectivity index (χ0v) is 45.3. The zero-order valence-electron chi connectivity index (χ0n) is 45.3. The SMILES string of the molecule is CC/C=C\C/C=C\C/C=C\C/C=C\CCCCC(=O)OC[C@H](COC(=O)CCCCCCCCCCCCC/C=C\CCCCCCCC)OC(=O)CCCCCCC/C=C\C/C=C\CCCCC. The van der Waals surface area contributed by atoms with Crippen molar-refractivity contribution in [3.05, 3.63) is 85.1 Å². The largest absolute Gasteiger partial charge is 0.462 e. The van der Waals surface area contributed by atoms with Crippen molar-refractivity contribution in [1.29, 1.82) is 0 Å². The minimum atomic E-state index is -0.802. The maximum Gasteiger partial charge on any atom is 0.306 e. The predicted octanol–water partition coefficient (Wildman–Crippen LogP) is 19.5. The third-order valence-corrected chi connectivity index (χ3v) is 12.4. The molecule has 0 unspecified atom stereocenters. The van der Waals surface area contributed by atoms with Crippen LogP contribution >= 0.6 is 0 Å². The number of carbonyl (C=O) groups excluding carboxylic acids is 3. The molecule has 0 aliphatic heterocycles. The fourth-order valence-electron chi connectivity index (χ4n) is 7.99. The Morgan fingerprint density at radius 3 is 0.957 bits per heavy atom.